The lowest BCUT2D eigenvalue weighted by Crippen LogP contribution is -2.34. The summed E-state index contributed by atoms with van der Waals surface area (Å²) < 4.78 is 4.99. The van der Waals surface area contributed by atoms with E-state index in [-0.39, 0.29) is 5.16 Å². The van der Waals surface area contributed by atoms with E-state index in [9.17, 15) is 0 Å². The Morgan fingerprint density at radius 1 is 0.542 bits per heavy atom. The Labute approximate surface area is 349 Å². The minimum absolute atomic E-state index is 0.324. The van der Waals surface area contributed by atoms with Crippen molar-refractivity contribution >= 4 is 79.7 Å². The largest absolute Gasteiger partial charge is 0.279 e. The first kappa shape index (κ1) is 34.5. The average Bonchev–Trinajstić information content (AvgIpc) is 3.80. The lowest BCUT2D eigenvalue weighted by atomic mass is 9.84. The van der Waals surface area contributed by atoms with Crippen LogP contribution < -0.4 is 0 Å². The molecule has 2 atom stereocenters. The van der Waals surface area contributed by atoms with Crippen molar-refractivity contribution in [1.82, 2.24) is 0 Å². The monoisotopic (exact) mass is 789 g/mol. The fourth-order valence-electron chi connectivity index (χ4n) is 9.79. The molecule has 1 aliphatic heterocycles. The number of amidine groups is 2. The average molecular weight is 790 g/mol. The molecule has 2 nitrogen and oxygen atoms in total. The fourth-order valence-corrected chi connectivity index (χ4v) is 11.7. The molecule has 10 aromatic rings. The molecule has 59 heavy (non-hydrogen) atoms. The van der Waals surface area contributed by atoms with Crippen molar-refractivity contribution in [3.63, 3.8) is 0 Å². The topological polar surface area (TPSA) is 15.4 Å². The standard InChI is InChI=1S/C55H38N2PS/c1-2-34-13-10-16-45-44-14-6-8-17-47(44)55(58,52(34)45)41-27-21-38(22-28-41)54-56-53(37-11-4-3-5-12-37)57(54)42-29-23-35(24-30-42)39-25-31-43-40(33-39)20-19-36-26-32-49-51(50(36)43)46-15-7-9-18-48(46)59-49/h3-33H,2,58H2,1H3/q+1. The van der Waals surface area contributed by atoms with Gasteiger partial charge < -0.3 is 0 Å². The minimum atomic E-state index is -0.324. The highest BCUT2D eigenvalue weighted by molar-refractivity contribution is 7.26. The molecule has 0 bridgehead atoms. The third kappa shape index (κ3) is 5.15. The van der Waals surface area contributed by atoms with Crippen LogP contribution in [0.15, 0.2) is 193 Å². The first-order valence-corrected chi connectivity index (χ1v) is 21.8. The second-order valence-corrected chi connectivity index (χ2v) is 17.7. The molecule has 4 heteroatoms. The molecular weight excluding hydrogens is 752 g/mol. The predicted octanol–water partition coefficient (Wildman–Crippen LogP) is 14.3. The van der Waals surface area contributed by atoms with Gasteiger partial charge in [-0.05, 0) is 127 Å². The first-order valence-electron chi connectivity index (χ1n) is 20.4. The highest BCUT2D eigenvalue weighted by Crippen LogP contribution is 2.57. The predicted molar refractivity (Wildman–Crippen MR) is 254 cm³/mol. The minimum Gasteiger partial charge on any atom is -0.192 e. The number of aliphatic imine (C=N–C) groups is 1. The van der Waals surface area contributed by atoms with Crippen LogP contribution in [0.25, 0.3) is 64.0 Å². The Bertz CT molecular complexity index is 3410. The van der Waals surface area contributed by atoms with Crippen LogP contribution in [0.4, 0.5) is 5.69 Å². The van der Waals surface area contributed by atoms with E-state index in [1.165, 1.54) is 86.2 Å². The smallest absolute Gasteiger partial charge is 0.192 e. The summed E-state index contributed by atoms with van der Waals surface area (Å²) in [5.74, 6) is 1.91. The molecular formula is C55H38N2PS+. The van der Waals surface area contributed by atoms with E-state index in [0.29, 0.717) is 0 Å². The van der Waals surface area contributed by atoms with Crippen LogP contribution in [-0.4, -0.2) is 16.2 Å². The van der Waals surface area contributed by atoms with Gasteiger partial charge in [-0.1, -0.05) is 145 Å². The van der Waals surface area contributed by atoms with Crippen LogP contribution in [0.1, 0.15) is 40.3 Å². The molecule has 0 N–H and O–H groups in total. The Kier molecular flexibility index (Phi) is 7.76. The molecule has 0 amide bonds. The molecule has 2 unspecified atom stereocenters. The van der Waals surface area contributed by atoms with Crippen molar-refractivity contribution in [2.75, 3.05) is 0 Å². The van der Waals surface area contributed by atoms with Gasteiger partial charge in [-0.15, -0.1) is 20.6 Å². The molecule has 0 radical (unpaired) electrons. The molecule has 278 valence electrons. The molecule has 0 saturated heterocycles. The van der Waals surface area contributed by atoms with Gasteiger partial charge in [0.05, 0.1) is 16.3 Å². The lowest BCUT2D eigenvalue weighted by Gasteiger charge is -2.30. The molecule has 0 saturated carbocycles. The van der Waals surface area contributed by atoms with Gasteiger partial charge in [-0.3, -0.25) is 0 Å². The van der Waals surface area contributed by atoms with E-state index in [4.69, 9.17) is 4.99 Å². The number of fused-ring (bicyclic) bond motifs is 10. The summed E-state index contributed by atoms with van der Waals surface area (Å²) in [7, 11) is 3.27. The van der Waals surface area contributed by atoms with E-state index in [2.05, 4.69) is 209 Å². The van der Waals surface area contributed by atoms with E-state index < -0.39 is 0 Å². The summed E-state index contributed by atoms with van der Waals surface area (Å²) in [6.45, 7) is 2.26. The van der Waals surface area contributed by atoms with Gasteiger partial charge in [0, 0.05) is 20.2 Å². The van der Waals surface area contributed by atoms with Crippen LogP contribution in [0.3, 0.4) is 0 Å². The van der Waals surface area contributed by atoms with Crippen LogP contribution in [-0.2, 0) is 11.6 Å². The van der Waals surface area contributed by atoms with Gasteiger partial charge in [0.15, 0.2) is 0 Å². The van der Waals surface area contributed by atoms with Crippen molar-refractivity contribution in [1.29, 1.82) is 0 Å². The second-order valence-electron chi connectivity index (χ2n) is 15.8. The maximum absolute atomic E-state index is 5.19. The maximum Gasteiger partial charge on any atom is 0.279 e. The van der Waals surface area contributed by atoms with Gasteiger partial charge in [-0.25, -0.2) is 0 Å². The van der Waals surface area contributed by atoms with Crippen LogP contribution >= 0.6 is 20.6 Å². The lowest BCUT2D eigenvalue weighted by molar-refractivity contribution is -0.319. The summed E-state index contributed by atoms with van der Waals surface area (Å²) in [6, 6.07) is 69.1. The van der Waals surface area contributed by atoms with Gasteiger partial charge >= 0.3 is 0 Å². The summed E-state index contributed by atoms with van der Waals surface area (Å²) in [5, 5.41) is 7.56. The molecule has 9 aromatic carbocycles. The zero-order valence-electron chi connectivity index (χ0n) is 32.5. The molecule has 1 aromatic heterocycles. The zero-order valence-corrected chi connectivity index (χ0v) is 34.5. The van der Waals surface area contributed by atoms with Gasteiger partial charge in [0.25, 0.3) is 11.7 Å². The summed E-state index contributed by atoms with van der Waals surface area (Å²) in [4.78, 5) is 5.19. The maximum atomic E-state index is 5.19. The van der Waals surface area contributed by atoms with Crippen LogP contribution in [0.2, 0.25) is 0 Å². The summed E-state index contributed by atoms with van der Waals surface area (Å²) in [5.41, 5.74) is 13.7. The van der Waals surface area contributed by atoms with E-state index >= 15 is 0 Å². The normalized spacial score (nSPS) is 15.8. The van der Waals surface area contributed by atoms with Gasteiger partial charge in [-0.2, -0.15) is 4.58 Å². The number of hydrogen-bond donors (Lipinski definition) is 0. The summed E-state index contributed by atoms with van der Waals surface area (Å²) >= 11 is 1.88. The highest BCUT2D eigenvalue weighted by Gasteiger charge is 2.42. The molecule has 2 heterocycles. The van der Waals surface area contributed by atoms with Crippen molar-refractivity contribution in [3.05, 3.63) is 221 Å². The molecule has 0 fully saturated rings. The Morgan fingerprint density at radius 2 is 1.25 bits per heavy atom. The fraction of sp³-hybridized carbons (Fsp3) is 0.0545. The Hall–Kier alpha value is -6.51. The van der Waals surface area contributed by atoms with Crippen molar-refractivity contribution in [2.24, 2.45) is 4.99 Å². The van der Waals surface area contributed by atoms with Crippen molar-refractivity contribution < 1.29 is 4.58 Å². The first-order chi connectivity index (χ1) is 29.1. The number of hydrogen-bond acceptors (Lipinski definition) is 2. The molecule has 0 spiro atoms. The van der Waals surface area contributed by atoms with Crippen LogP contribution in [0.5, 0.6) is 0 Å². The number of aryl methyl sites for hydroxylation is 1. The number of rotatable bonds is 6. The van der Waals surface area contributed by atoms with E-state index in [0.717, 1.165) is 34.9 Å². The Balaban J connectivity index is 0.924. The molecule has 12 rings (SSSR count). The van der Waals surface area contributed by atoms with Crippen molar-refractivity contribution in [3.8, 4) is 22.3 Å². The second kappa shape index (κ2) is 13.3. The zero-order chi connectivity index (χ0) is 39.2. The third-order valence-electron chi connectivity index (χ3n) is 12.6. The quantitative estimate of drug-likeness (QED) is 0.0906. The molecule has 1 aliphatic carbocycles. The van der Waals surface area contributed by atoms with E-state index in [1.54, 1.807) is 0 Å². The van der Waals surface area contributed by atoms with Gasteiger partial charge in [0.2, 0.25) is 0 Å². The third-order valence-corrected chi connectivity index (χ3v) is 14.7. The summed E-state index contributed by atoms with van der Waals surface area (Å²) in [6.07, 6.45) is 0.989. The van der Waals surface area contributed by atoms with E-state index in [1.807, 2.05) is 11.3 Å². The number of benzene rings is 9. The van der Waals surface area contributed by atoms with Crippen LogP contribution in [0, 0.1) is 0 Å². The number of nitrogens with zero attached hydrogens (tertiary/aromatic N) is 2. The number of thiophene rings is 1. The SMILES string of the molecule is CCc1cccc2c1C(P)(c1ccc(C3=[N+](c4ccc(-c5ccc6c(ccc7ccc8sc9ccccc9c8c76)c5)cc4)C(c4ccccc4)=N3)cc1)c1ccccc1-2. The van der Waals surface area contributed by atoms with Crippen molar-refractivity contribution in [2.45, 2.75) is 18.5 Å². The Morgan fingerprint density at radius 3 is 2.10 bits per heavy atom. The highest BCUT2D eigenvalue weighted by atomic mass is 32.1. The van der Waals surface area contributed by atoms with Gasteiger partial charge in [0.1, 0.15) is 5.69 Å². The molecule has 2 aliphatic rings.